The number of fused-ring (bicyclic) bond motifs is 1. The Labute approximate surface area is 190 Å². The van der Waals surface area contributed by atoms with Crippen LogP contribution >= 0.6 is 11.3 Å². The van der Waals surface area contributed by atoms with E-state index >= 15 is 0 Å². The minimum absolute atomic E-state index is 0.458. The highest BCUT2D eigenvalue weighted by atomic mass is 32.1. The summed E-state index contributed by atoms with van der Waals surface area (Å²) in [5.41, 5.74) is 5.29. The van der Waals surface area contributed by atoms with Crippen LogP contribution in [0.3, 0.4) is 0 Å². The molecule has 0 radical (unpaired) electrons. The highest BCUT2D eigenvalue weighted by molar-refractivity contribution is 7.20. The van der Waals surface area contributed by atoms with Gasteiger partial charge in [0.25, 0.3) is 0 Å². The van der Waals surface area contributed by atoms with Gasteiger partial charge in [0.2, 0.25) is 0 Å². The molecule has 5 aromatic rings. The van der Waals surface area contributed by atoms with E-state index in [1.54, 1.807) is 29.9 Å². The first-order chi connectivity index (χ1) is 15.7. The summed E-state index contributed by atoms with van der Waals surface area (Å²) in [4.78, 5) is 15.2. The number of H-pyrrole nitrogens is 1. The van der Waals surface area contributed by atoms with Gasteiger partial charge in [-0.15, -0.1) is 11.3 Å². The summed E-state index contributed by atoms with van der Waals surface area (Å²) >= 11 is 1.72. The summed E-state index contributed by atoms with van der Waals surface area (Å²) in [5.74, 6) is 2.03. The molecule has 1 aromatic carbocycles. The first kappa shape index (κ1) is 20.3. The van der Waals surface area contributed by atoms with Crippen LogP contribution in [0.15, 0.2) is 67.1 Å². The number of aryl methyl sites for hydroxylation is 1. The van der Waals surface area contributed by atoms with E-state index in [9.17, 15) is 0 Å². The molecule has 1 atom stereocenters. The van der Waals surface area contributed by atoms with Crippen molar-refractivity contribution in [3.05, 3.63) is 77.6 Å². The summed E-state index contributed by atoms with van der Waals surface area (Å²) in [6.07, 6.45) is 6.33. The SMILES string of the molecule is Cc1sc2c(NCC(C)Cc3ccccc3)nc(-c3ccncc3)nc2c1-c1ccn[nH]1. The van der Waals surface area contributed by atoms with Crippen molar-refractivity contribution < 1.29 is 0 Å². The molecule has 32 heavy (non-hydrogen) atoms. The molecule has 0 bridgehead atoms. The second-order valence-corrected chi connectivity index (χ2v) is 9.21. The molecule has 6 nitrogen and oxygen atoms in total. The molecular weight excluding hydrogens is 416 g/mol. The fourth-order valence-corrected chi connectivity index (χ4v) is 4.98. The van der Waals surface area contributed by atoms with E-state index < -0.39 is 0 Å². The number of thiophene rings is 1. The Morgan fingerprint density at radius 1 is 1.00 bits per heavy atom. The molecule has 5 rings (SSSR count). The van der Waals surface area contributed by atoms with Gasteiger partial charge in [0.05, 0.1) is 15.9 Å². The van der Waals surface area contributed by atoms with E-state index in [-0.39, 0.29) is 0 Å². The molecule has 2 N–H and O–H groups in total. The maximum absolute atomic E-state index is 4.96. The number of nitrogens with one attached hydrogen (secondary N) is 2. The molecular formula is C25H24N6S. The lowest BCUT2D eigenvalue weighted by atomic mass is 10.0. The molecule has 4 heterocycles. The second-order valence-electron chi connectivity index (χ2n) is 7.99. The lowest BCUT2D eigenvalue weighted by Crippen LogP contribution is -2.15. The first-order valence-corrected chi connectivity index (χ1v) is 11.5. The van der Waals surface area contributed by atoms with Gasteiger partial charge >= 0.3 is 0 Å². The number of rotatable bonds is 7. The standard InChI is InChI=1S/C25H24N6S/c1-16(14-18-6-4-3-5-7-18)15-27-25-23-22(21(17(2)32-23)20-10-13-28-31-20)29-24(30-25)19-8-11-26-12-9-19/h3-13,16H,14-15H2,1-2H3,(H,28,31)(H,27,29,30). The van der Waals surface area contributed by atoms with Crippen LogP contribution in [0, 0.1) is 12.8 Å². The molecule has 0 aliphatic carbocycles. The molecule has 0 fully saturated rings. The van der Waals surface area contributed by atoms with Crippen molar-refractivity contribution in [2.24, 2.45) is 5.92 Å². The van der Waals surface area contributed by atoms with Gasteiger partial charge in [-0.3, -0.25) is 10.1 Å². The van der Waals surface area contributed by atoms with Crippen molar-refractivity contribution in [1.29, 1.82) is 0 Å². The molecule has 7 heteroatoms. The van der Waals surface area contributed by atoms with Gasteiger partial charge in [0, 0.05) is 41.1 Å². The third-order valence-corrected chi connectivity index (χ3v) is 6.56. The van der Waals surface area contributed by atoms with Crippen LogP contribution in [0.2, 0.25) is 0 Å². The normalized spacial score (nSPS) is 12.2. The number of aromatic amines is 1. The van der Waals surface area contributed by atoms with E-state index in [2.05, 4.69) is 64.7 Å². The minimum Gasteiger partial charge on any atom is -0.368 e. The molecule has 0 saturated carbocycles. The summed E-state index contributed by atoms with van der Waals surface area (Å²) < 4.78 is 1.07. The zero-order chi connectivity index (χ0) is 21.9. The van der Waals surface area contributed by atoms with Crippen LogP contribution < -0.4 is 5.32 Å². The average molecular weight is 441 g/mol. The number of hydrogen-bond donors (Lipinski definition) is 2. The molecule has 0 amide bonds. The average Bonchev–Trinajstić information content (AvgIpc) is 3.45. The molecule has 0 spiro atoms. The van der Waals surface area contributed by atoms with E-state index in [1.807, 2.05) is 18.2 Å². The first-order valence-electron chi connectivity index (χ1n) is 10.7. The predicted octanol–water partition coefficient (Wildman–Crippen LogP) is 5.74. The molecule has 0 saturated heterocycles. The minimum atomic E-state index is 0.458. The second kappa shape index (κ2) is 8.88. The lowest BCUT2D eigenvalue weighted by molar-refractivity contribution is 0.611. The number of anilines is 1. The van der Waals surface area contributed by atoms with Crippen molar-refractivity contribution in [2.75, 3.05) is 11.9 Å². The largest absolute Gasteiger partial charge is 0.368 e. The van der Waals surface area contributed by atoms with Crippen LogP contribution in [0.1, 0.15) is 17.4 Å². The summed E-state index contributed by atoms with van der Waals surface area (Å²) in [6.45, 7) is 5.21. The number of hydrogen-bond acceptors (Lipinski definition) is 6. The van der Waals surface area contributed by atoms with E-state index in [0.29, 0.717) is 11.7 Å². The lowest BCUT2D eigenvalue weighted by Gasteiger charge is -2.14. The Balaban J connectivity index is 1.53. The van der Waals surface area contributed by atoms with Gasteiger partial charge in [-0.05, 0) is 43.0 Å². The molecule has 1 unspecified atom stereocenters. The van der Waals surface area contributed by atoms with Gasteiger partial charge in [-0.25, -0.2) is 9.97 Å². The topological polar surface area (TPSA) is 79.4 Å². The van der Waals surface area contributed by atoms with Crippen LogP contribution in [0.5, 0.6) is 0 Å². The van der Waals surface area contributed by atoms with Crippen molar-refractivity contribution in [3.63, 3.8) is 0 Å². The van der Waals surface area contributed by atoms with Gasteiger partial charge < -0.3 is 5.32 Å². The van der Waals surface area contributed by atoms with Crippen LogP contribution in [-0.4, -0.2) is 31.7 Å². The fraction of sp³-hybridized carbons (Fsp3) is 0.200. The summed E-state index contributed by atoms with van der Waals surface area (Å²) in [5, 5.41) is 10.9. The smallest absolute Gasteiger partial charge is 0.162 e. The third-order valence-electron chi connectivity index (χ3n) is 5.46. The molecule has 4 aromatic heterocycles. The van der Waals surface area contributed by atoms with Crippen LogP contribution in [0.25, 0.3) is 32.9 Å². The van der Waals surface area contributed by atoms with Crippen molar-refractivity contribution in [3.8, 4) is 22.6 Å². The van der Waals surface area contributed by atoms with E-state index in [0.717, 1.165) is 45.8 Å². The van der Waals surface area contributed by atoms with Crippen LogP contribution in [-0.2, 0) is 6.42 Å². The van der Waals surface area contributed by atoms with Gasteiger partial charge in [0.15, 0.2) is 5.82 Å². The Morgan fingerprint density at radius 3 is 2.56 bits per heavy atom. The number of nitrogens with zero attached hydrogens (tertiary/aromatic N) is 4. The summed E-state index contributed by atoms with van der Waals surface area (Å²) in [6, 6.07) is 16.5. The number of pyridine rings is 1. The van der Waals surface area contributed by atoms with Crippen molar-refractivity contribution in [1.82, 2.24) is 25.1 Å². The Hall–Kier alpha value is -3.58. The molecule has 0 aliphatic rings. The zero-order valence-corrected chi connectivity index (χ0v) is 18.9. The monoisotopic (exact) mass is 440 g/mol. The maximum Gasteiger partial charge on any atom is 0.162 e. The Morgan fingerprint density at radius 2 is 1.81 bits per heavy atom. The van der Waals surface area contributed by atoms with Gasteiger partial charge in [-0.1, -0.05) is 37.3 Å². The third kappa shape index (κ3) is 4.11. The van der Waals surface area contributed by atoms with Crippen molar-refractivity contribution >= 4 is 27.4 Å². The highest BCUT2D eigenvalue weighted by Gasteiger charge is 2.19. The predicted molar refractivity (Wildman–Crippen MR) is 131 cm³/mol. The van der Waals surface area contributed by atoms with Crippen molar-refractivity contribution in [2.45, 2.75) is 20.3 Å². The number of benzene rings is 1. The highest BCUT2D eigenvalue weighted by Crippen LogP contribution is 2.40. The van der Waals surface area contributed by atoms with E-state index in [4.69, 9.17) is 9.97 Å². The Kier molecular flexibility index (Phi) is 5.64. The quantitative estimate of drug-likeness (QED) is 0.337. The fourth-order valence-electron chi connectivity index (χ4n) is 3.91. The number of aromatic nitrogens is 5. The Bertz CT molecular complexity index is 1310. The molecule has 160 valence electrons. The van der Waals surface area contributed by atoms with E-state index in [1.165, 1.54) is 10.4 Å². The summed E-state index contributed by atoms with van der Waals surface area (Å²) in [7, 11) is 0. The molecule has 0 aliphatic heterocycles. The maximum atomic E-state index is 4.96. The zero-order valence-electron chi connectivity index (χ0n) is 18.0. The van der Waals surface area contributed by atoms with Gasteiger partial charge in [0.1, 0.15) is 5.82 Å². The van der Waals surface area contributed by atoms with Gasteiger partial charge in [-0.2, -0.15) is 5.10 Å². The van der Waals surface area contributed by atoms with Crippen LogP contribution in [0.4, 0.5) is 5.82 Å².